The molecule has 1 aliphatic heterocycles. The number of likely N-dealkylation sites (tertiary alicyclic amines) is 1. The van der Waals surface area contributed by atoms with E-state index >= 15 is 0 Å². The highest BCUT2D eigenvalue weighted by molar-refractivity contribution is 7.92. The van der Waals surface area contributed by atoms with E-state index in [4.69, 9.17) is 0 Å². The van der Waals surface area contributed by atoms with Crippen molar-refractivity contribution in [1.29, 1.82) is 0 Å². The average Bonchev–Trinajstić information content (AvgIpc) is 3.08. The van der Waals surface area contributed by atoms with Crippen LogP contribution in [0.3, 0.4) is 0 Å². The van der Waals surface area contributed by atoms with Crippen molar-refractivity contribution in [3.8, 4) is 0 Å². The third-order valence-electron chi connectivity index (χ3n) is 4.84. The van der Waals surface area contributed by atoms with Gasteiger partial charge in [0.1, 0.15) is 6.04 Å². The summed E-state index contributed by atoms with van der Waals surface area (Å²) in [7, 11) is -3.51. The number of urea groups is 1. The second kappa shape index (κ2) is 8.34. The zero-order chi connectivity index (χ0) is 22.0. The van der Waals surface area contributed by atoms with Gasteiger partial charge in [-0.2, -0.15) is 0 Å². The van der Waals surface area contributed by atoms with Crippen molar-refractivity contribution in [1.82, 2.24) is 15.5 Å². The lowest BCUT2D eigenvalue weighted by Gasteiger charge is -2.34. The summed E-state index contributed by atoms with van der Waals surface area (Å²) >= 11 is 0. The first-order valence-corrected chi connectivity index (χ1v) is 11.4. The second-order valence-corrected chi connectivity index (χ2v) is 11.9. The van der Waals surface area contributed by atoms with E-state index in [1.54, 1.807) is 35.2 Å². The lowest BCUT2D eigenvalue weighted by atomic mass is 9.86. The fourth-order valence-electron chi connectivity index (χ4n) is 3.32. The van der Waals surface area contributed by atoms with Crippen molar-refractivity contribution in [3.05, 3.63) is 30.3 Å². The number of rotatable bonds is 4. The molecule has 0 aliphatic carbocycles. The molecule has 0 saturated carbocycles. The molecule has 2 atom stereocenters. The maximum absolute atomic E-state index is 13.2. The summed E-state index contributed by atoms with van der Waals surface area (Å²) in [6.45, 7) is 11.7. The van der Waals surface area contributed by atoms with Crippen LogP contribution in [0, 0.1) is 5.41 Å². The SMILES string of the molecule is CC(C)(C)NC(=O)NC(C(=O)N1CCC(S(=O)(=O)c2ccccc2)C1)C(C)(C)C. The third-order valence-corrected chi connectivity index (χ3v) is 7.04. The molecule has 1 aromatic carbocycles. The van der Waals surface area contributed by atoms with Crippen LogP contribution in [-0.2, 0) is 14.6 Å². The molecule has 0 bridgehead atoms. The fourth-order valence-corrected chi connectivity index (χ4v) is 5.04. The molecule has 162 valence electrons. The van der Waals surface area contributed by atoms with Crippen molar-refractivity contribution in [2.24, 2.45) is 5.41 Å². The first-order chi connectivity index (χ1) is 13.2. The fraction of sp³-hybridized carbons (Fsp3) is 0.619. The first kappa shape index (κ1) is 23.2. The molecule has 2 N–H and O–H groups in total. The summed E-state index contributed by atoms with van der Waals surface area (Å²) in [6.07, 6.45) is 0.383. The lowest BCUT2D eigenvalue weighted by Crippen LogP contribution is -2.58. The molecule has 1 fully saturated rings. The van der Waals surface area contributed by atoms with E-state index in [2.05, 4.69) is 10.6 Å². The number of nitrogens with one attached hydrogen (secondary N) is 2. The predicted molar refractivity (Wildman–Crippen MR) is 113 cm³/mol. The van der Waals surface area contributed by atoms with Gasteiger partial charge in [0, 0.05) is 18.6 Å². The quantitative estimate of drug-likeness (QED) is 0.778. The van der Waals surface area contributed by atoms with Crippen molar-refractivity contribution in [2.45, 2.75) is 69.7 Å². The van der Waals surface area contributed by atoms with E-state index in [1.165, 1.54) is 0 Å². The number of sulfone groups is 1. The zero-order valence-corrected chi connectivity index (χ0v) is 19.0. The van der Waals surface area contributed by atoms with Gasteiger partial charge in [0.25, 0.3) is 0 Å². The van der Waals surface area contributed by atoms with Gasteiger partial charge in [-0.25, -0.2) is 13.2 Å². The highest BCUT2D eigenvalue weighted by Crippen LogP contribution is 2.27. The standard InChI is InChI=1S/C21H33N3O4S/c1-20(2,3)17(22-19(26)23-21(4,5)6)18(25)24-13-12-16(14-24)29(27,28)15-10-8-7-9-11-15/h7-11,16-17H,12-14H2,1-6H3,(H2,22,23,26). The van der Waals surface area contributed by atoms with E-state index in [9.17, 15) is 18.0 Å². The number of benzene rings is 1. The first-order valence-electron chi connectivity index (χ1n) is 9.88. The lowest BCUT2D eigenvalue weighted by molar-refractivity contribution is -0.134. The predicted octanol–water partition coefficient (Wildman–Crippen LogP) is 2.57. The summed E-state index contributed by atoms with van der Waals surface area (Å²) < 4.78 is 25.8. The van der Waals surface area contributed by atoms with Crippen LogP contribution in [0.5, 0.6) is 0 Å². The van der Waals surface area contributed by atoms with Crippen LogP contribution in [0.4, 0.5) is 4.79 Å². The highest BCUT2D eigenvalue weighted by atomic mass is 32.2. The molecule has 0 radical (unpaired) electrons. The van der Waals surface area contributed by atoms with E-state index in [0.29, 0.717) is 13.0 Å². The van der Waals surface area contributed by atoms with Gasteiger partial charge in [-0.15, -0.1) is 0 Å². The Labute approximate surface area is 174 Å². The zero-order valence-electron chi connectivity index (χ0n) is 18.2. The molecule has 1 saturated heterocycles. The third kappa shape index (κ3) is 5.95. The number of hydrogen-bond donors (Lipinski definition) is 2. The summed E-state index contributed by atoms with van der Waals surface area (Å²) in [5.41, 5.74) is -0.958. The normalized spacial score (nSPS) is 19.0. The Morgan fingerprint density at radius 3 is 2.17 bits per heavy atom. The number of hydrogen-bond acceptors (Lipinski definition) is 4. The van der Waals surface area contributed by atoms with Crippen LogP contribution < -0.4 is 10.6 Å². The Bertz CT molecular complexity index is 839. The molecule has 7 nitrogen and oxygen atoms in total. The van der Waals surface area contributed by atoms with E-state index in [1.807, 2.05) is 41.5 Å². The highest BCUT2D eigenvalue weighted by Gasteiger charge is 2.41. The van der Waals surface area contributed by atoms with Crippen molar-refractivity contribution >= 4 is 21.8 Å². The van der Waals surface area contributed by atoms with Crippen LogP contribution in [0.2, 0.25) is 0 Å². The van der Waals surface area contributed by atoms with Gasteiger partial charge >= 0.3 is 6.03 Å². The molecule has 8 heteroatoms. The largest absolute Gasteiger partial charge is 0.340 e. The summed E-state index contributed by atoms with van der Waals surface area (Å²) in [5.74, 6) is -0.257. The van der Waals surface area contributed by atoms with Crippen molar-refractivity contribution in [2.75, 3.05) is 13.1 Å². The topological polar surface area (TPSA) is 95.6 Å². The minimum absolute atomic E-state index is 0.130. The molecule has 29 heavy (non-hydrogen) atoms. The van der Waals surface area contributed by atoms with E-state index < -0.39 is 38.1 Å². The number of carbonyl (C=O) groups excluding carboxylic acids is 2. The number of carbonyl (C=O) groups is 2. The summed E-state index contributed by atoms with van der Waals surface area (Å²) in [5, 5.41) is 4.95. The van der Waals surface area contributed by atoms with Gasteiger partial charge in [0.05, 0.1) is 10.1 Å². The monoisotopic (exact) mass is 423 g/mol. The van der Waals surface area contributed by atoms with Gasteiger partial charge in [-0.3, -0.25) is 4.79 Å². The Morgan fingerprint density at radius 1 is 1.07 bits per heavy atom. The van der Waals surface area contributed by atoms with Crippen LogP contribution in [0.15, 0.2) is 35.2 Å². The smallest absolute Gasteiger partial charge is 0.315 e. The molecule has 1 aromatic rings. The Kier molecular flexibility index (Phi) is 6.67. The Hall–Kier alpha value is -2.09. The molecule has 1 heterocycles. The minimum Gasteiger partial charge on any atom is -0.340 e. The van der Waals surface area contributed by atoms with Crippen molar-refractivity contribution < 1.29 is 18.0 Å². The van der Waals surface area contributed by atoms with Gasteiger partial charge in [-0.1, -0.05) is 39.0 Å². The van der Waals surface area contributed by atoms with Crippen LogP contribution in [0.25, 0.3) is 0 Å². The Balaban J connectivity index is 2.14. The molecule has 1 aliphatic rings. The van der Waals surface area contributed by atoms with Crippen LogP contribution in [-0.4, -0.2) is 55.2 Å². The average molecular weight is 424 g/mol. The maximum atomic E-state index is 13.2. The summed E-state index contributed by atoms with van der Waals surface area (Å²) in [4.78, 5) is 27.4. The van der Waals surface area contributed by atoms with Crippen LogP contribution in [0.1, 0.15) is 48.0 Å². The molecule has 3 amide bonds. The van der Waals surface area contributed by atoms with Gasteiger partial charge in [0.15, 0.2) is 9.84 Å². The van der Waals surface area contributed by atoms with E-state index in [-0.39, 0.29) is 17.3 Å². The second-order valence-electron chi connectivity index (χ2n) is 9.70. The molecule has 0 aromatic heterocycles. The van der Waals surface area contributed by atoms with Crippen LogP contribution >= 0.6 is 0 Å². The van der Waals surface area contributed by atoms with Gasteiger partial charge in [0.2, 0.25) is 5.91 Å². The van der Waals surface area contributed by atoms with Gasteiger partial charge in [-0.05, 0) is 44.7 Å². The van der Waals surface area contributed by atoms with Gasteiger partial charge < -0.3 is 15.5 Å². The molecular weight excluding hydrogens is 390 g/mol. The minimum atomic E-state index is -3.51. The number of nitrogens with zero attached hydrogens (tertiary/aromatic N) is 1. The Morgan fingerprint density at radius 2 is 1.66 bits per heavy atom. The van der Waals surface area contributed by atoms with Crippen molar-refractivity contribution in [3.63, 3.8) is 0 Å². The molecule has 2 unspecified atom stereocenters. The number of amides is 3. The summed E-state index contributed by atoms with van der Waals surface area (Å²) in [6, 6.07) is 7.13. The molecular formula is C21H33N3O4S. The maximum Gasteiger partial charge on any atom is 0.315 e. The van der Waals surface area contributed by atoms with E-state index in [0.717, 1.165) is 0 Å². The molecule has 0 spiro atoms. The molecule has 2 rings (SSSR count).